The summed E-state index contributed by atoms with van der Waals surface area (Å²) in [5.74, 6) is 0.834. The number of benzene rings is 2. The van der Waals surface area contributed by atoms with Crippen LogP contribution < -0.4 is 9.47 Å². The van der Waals surface area contributed by atoms with Crippen molar-refractivity contribution in [2.75, 3.05) is 6.61 Å². The van der Waals surface area contributed by atoms with Gasteiger partial charge in [0.1, 0.15) is 17.8 Å². The Morgan fingerprint density at radius 2 is 1.93 bits per heavy atom. The van der Waals surface area contributed by atoms with Crippen LogP contribution in [-0.2, 0) is 17.6 Å². The van der Waals surface area contributed by atoms with Gasteiger partial charge in [-0.05, 0) is 56.2 Å². The molecule has 2 aromatic carbocycles. The van der Waals surface area contributed by atoms with Crippen molar-refractivity contribution in [1.29, 1.82) is 0 Å². The number of aryl methyl sites for hydroxylation is 1. The van der Waals surface area contributed by atoms with Gasteiger partial charge in [-0.2, -0.15) is 0 Å². The molecule has 0 unspecified atom stereocenters. The molecule has 1 aromatic heterocycles. The minimum absolute atomic E-state index is 0.453. The van der Waals surface area contributed by atoms with Crippen molar-refractivity contribution < 1.29 is 23.8 Å². The molecular weight excluding hydrogens is 370 g/mol. The van der Waals surface area contributed by atoms with Gasteiger partial charge < -0.3 is 19.0 Å². The molecule has 1 heterocycles. The van der Waals surface area contributed by atoms with Crippen LogP contribution >= 0.6 is 0 Å². The second-order valence-corrected chi connectivity index (χ2v) is 7.15. The number of carbonyl (C=O) groups is 1. The molecular formula is C23H25NO5. The second kappa shape index (κ2) is 8.82. The maximum Gasteiger partial charge on any atom is 0.347 e. The van der Waals surface area contributed by atoms with Gasteiger partial charge in [0.25, 0.3) is 0 Å². The number of nitrogens with zero attached hydrogens (tertiary/aromatic N) is 1. The maximum atomic E-state index is 11.3. The molecule has 152 valence electrons. The van der Waals surface area contributed by atoms with E-state index in [0.29, 0.717) is 24.7 Å². The fraction of sp³-hybridized carbons (Fsp3) is 0.304. The number of hydrogen-bond acceptors (Lipinski definition) is 5. The SMILES string of the molecule is CCc1cc(OC(C)(C)C(=O)O)ccc1OCCc1coc(-c2ccccc2)n1. The Hall–Kier alpha value is -3.28. The average Bonchev–Trinajstić information content (AvgIpc) is 3.18. The van der Waals surface area contributed by atoms with Gasteiger partial charge in [0, 0.05) is 12.0 Å². The maximum absolute atomic E-state index is 11.3. The van der Waals surface area contributed by atoms with Crippen LogP contribution in [0.25, 0.3) is 11.5 Å². The van der Waals surface area contributed by atoms with E-state index in [1.54, 1.807) is 12.3 Å². The number of carboxylic acid groups (broad SMARTS) is 1. The molecule has 0 saturated carbocycles. The number of hydrogen-bond donors (Lipinski definition) is 1. The zero-order chi connectivity index (χ0) is 20.9. The van der Waals surface area contributed by atoms with Crippen LogP contribution in [0.2, 0.25) is 0 Å². The van der Waals surface area contributed by atoms with Crippen molar-refractivity contribution in [2.45, 2.75) is 39.2 Å². The van der Waals surface area contributed by atoms with Crippen molar-refractivity contribution >= 4 is 5.97 Å². The molecule has 0 atom stereocenters. The van der Waals surface area contributed by atoms with E-state index >= 15 is 0 Å². The molecule has 6 heteroatoms. The summed E-state index contributed by atoms with van der Waals surface area (Å²) >= 11 is 0. The summed E-state index contributed by atoms with van der Waals surface area (Å²) in [4.78, 5) is 15.8. The van der Waals surface area contributed by atoms with E-state index in [4.69, 9.17) is 13.9 Å². The Labute approximate surface area is 170 Å². The Morgan fingerprint density at radius 3 is 2.62 bits per heavy atom. The molecule has 0 fully saturated rings. The summed E-state index contributed by atoms with van der Waals surface area (Å²) in [7, 11) is 0. The summed E-state index contributed by atoms with van der Waals surface area (Å²) in [6, 6.07) is 15.1. The molecule has 3 rings (SSSR count). The minimum Gasteiger partial charge on any atom is -0.493 e. The van der Waals surface area contributed by atoms with Crippen LogP contribution in [-0.4, -0.2) is 28.3 Å². The first kappa shape index (κ1) is 20.5. The fourth-order valence-corrected chi connectivity index (χ4v) is 2.78. The predicted molar refractivity (Wildman–Crippen MR) is 109 cm³/mol. The van der Waals surface area contributed by atoms with Crippen LogP contribution in [0, 0.1) is 0 Å². The van der Waals surface area contributed by atoms with Gasteiger partial charge in [-0.1, -0.05) is 25.1 Å². The summed E-state index contributed by atoms with van der Waals surface area (Å²) in [6.45, 7) is 5.51. The van der Waals surface area contributed by atoms with Gasteiger partial charge in [0.05, 0.1) is 12.3 Å². The van der Waals surface area contributed by atoms with Crippen molar-refractivity contribution in [2.24, 2.45) is 0 Å². The Morgan fingerprint density at radius 1 is 1.17 bits per heavy atom. The van der Waals surface area contributed by atoms with Crippen molar-refractivity contribution in [3.8, 4) is 23.0 Å². The highest BCUT2D eigenvalue weighted by atomic mass is 16.5. The fourth-order valence-electron chi connectivity index (χ4n) is 2.78. The van der Waals surface area contributed by atoms with Crippen LogP contribution in [0.3, 0.4) is 0 Å². The van der Waals surface area contributed by atoms with E-state index in [1.165, 1.54) is 13.8 Å². The lowest BCUT2D eigenvalue weighted by Gasteiger charge is -2.22. The largest absolute Gasteiger partial charge is 0.493 e. The quantitative estimate of drug-likeness (QED) is 0.562. The van der Waals surface area contributed by atoms with Crippen LogP contribution in [0.15, 0.2) is 59.2 Å². The van der Waals surface area contributed by atoms with Gasteiger partial charge in [-0.3, -0.25) is 0 Å². The lowest BCUT2D eigenvalue weighted by Crippen LogP contribution is -2.37. The van der Waals surface area contributed by atoms with E-state index in [9.17, 15) is 9.90 Å². The standard InChI is InChI=1S/C23H25NO5/c1-4-16-14-19(29-23(2,3)22(25)26)10-11-20(16)27-13-12-18-15-28-21(24-18)17-8-6-5-7-9-17/h5-11,14-15H,4,12-13H2,1-3H3,(H,25,26). The van der Waals surface area contributed by atoms with Crippen molar-refractivity contribution in [3.63, 3.8) is 0 Å². The summed E-state index contributed by atoms with van der Waals surface area (Å²) in [6.07, 6.45) is 3.00. The van der Waals surface area contributed by atoms with Gasteiger partial charge in [0.2, 0.25) is 5.89 Å². The third-order valence-electron chi connectivity index (χ3n) is 4.49. The molecule has 29 heavy (non-hydrogen) atoms. The Kier molecular flexibility index (Phi) is 6.22. The molecule has 0 aliphatic carbocycles. The normalized spacial score (nSPS) is 11.3. The van der Waals surface area contributed by atoms with Gasteiger partial charge in [-0.25, -0.2) is 9.78 Å². The van der Waals surface area contributed by atoms with Crippen LogP contribution in [0.5, 0.6) is 11.5 Å². The molecule has 3 aromatic rings. The summed E-state index contributed by atoms with van der Waals surface area (Å²) < 4.78 is 17.1. The van der Waals surface area contributed by atoms with E-state index < -0.39 is 11.6 Å². The number of aromatic nitrogens is 1. The lowest BCUT2D eigenvalue weighted by molar-refractivity contribution is -0.152. The first-order chi connectivity index (χ1) is 13.9. The van der Waals surface area contributed by atoms with E-state index in [1.807, 2.05) is 49.4 Å². The molecule has 0 spiro atoms. The number of oxazole rings is 1. The molecule has 0 bridgehead atoms. The predicted octanol–water partition coefficient (Wildman–Crippen LogP) is 4.77. The van der Waals surface area contributed by atoms with E-state index in [-0.39, 0.29) is 0 Å². The van der Waals surface area contributed by atoms with E-state index in [0.717, 1.165) is 29.0 Å². The zero-order valence-corrected chi connectivity index (χ0v) is 16.8. The Balaban J connectivity index is 1.61. The second-order valence-electron chi connectivity index (χ2n) is 7.15. The number of aliphatic carboxylic acids is 1. The summed E-state index contributed by atoms with van der Waals surface area (Å²) in [5.41, 5.74) is 1.42. The zero-order valence-electron chi connectivity index (χ0n) is 16.8. The lowest BCUT2D eigenvalue weighted by atomic mass is 10.1. The minimum atomic E-state index is -1.29. The third kappa shape index (κ3) is 5.16. The van der Waals surface area contributed by atoms with Gasteiger partial charge in [-0.15, -0.1) is 0 Å². The molecule has 0 saturated heterocycles. The first-order valence-corrected chi connectivity index (χ1v) is 9.57. The molecule has 0 radical (unpaired) electrons. The third-order valence-corrected chi connectivity index (χ3v) is 4.49. The number of rotatable bonds is 9. The van der Waals surface area contributed by atoms with Crippen LogP contribution in [0.4, 0.5) is 0 Å². The molecule has 0 aliphatic rings. The molecule has 6 nitrogen and oxygen atoms in total. The first-order valence-electron chi connectivity index (χ1n) is 9.57. The highest BCUT2D eigenvalue weighted by Gasteiger charge is 2.29. The number of carboxylic acids is 1. The van der Waals surface area contributed by atoms with Gasteiger partial charge in [0.15, 0.2) is 5.60 Å². The average molecular weight is 395 g/mol. The summed E-state index contributed by atoms with van der Waals surface area (Å²) in [5, 5.41) is 9.22. The van der Waals surface area contributed by atoms with Crippen molar-refractivity contribution in [3.05, 3.63) is 66.1 Å². The van der Waals surface area contributed by atoms with Crippen molar-refractivity contribution in [1.82, 2.24) is 4.98 Å². The monoisotopic (exact) mass is 395 g/mol. The topological polar surface area (TPSA) is 81.8 Å². The van der Waals surface area contributed by atoms with Crippen LogP contribution in [0.1, 0.15) is 32.0 Å². The van der Waals surface area contributed by atoms with Gasteiger partial charge >= 0.3 is 5.97 Å². The van der Waals surface area contributed by atoms with E-state index in [2.05, 4.69) is 4.98 Å². The highest BCUT2D eigenvalue weighted by Crippen LogP contribution is 2.27. The number of ether oxygens (including phenoxy) is 2. The molecule has 0 aliphatic heterocycles. The Bertz CT molecular complexity index is 962. The highest BCUT2D eigenvalue weighted by molar-refractivity contribution is 5.76. The molecule has 1 N–H and O–H groups in total. The smallest absolute Gasteiger partial charge is 0.347 e. The molecule has 0 amide bonds.